The Morgan fingerprint density at radius 1 is 0.302 bits per heavy atom. The molecule has 0 atom stereocenters. The maximum Gasteiger partial charge on any atom is 0.165 e. The Kier molecular flexibility index (Phi) is 6.52. The van der Waals surface area contributed by atoms with Crippen molar-refractivity contribution in [3.05, 3.63) is 176 Å². The fourth-order valence-corrected chi connectivity index (χ4v) is 8.03. The number of fused-ring (bicyclic) bond motifs is 3. The van der Waals surface area contributed by atoms with Gasteiger partial charge < -0.3 is 4.42 Å². The third-order valence-corrected chi connectivity index (χ3v) is 10.5. The fourth-order valence-electron chi connectivity index (χ4n) is 8.03. The Balaban J connectivity index is 1.13. The zero-order chi connectivity index (χ0) is 34.9. The Morgan fingerprint density at radius 2 is 0.849 bits per heavy atom. The van der Waals surface area contributed by atoms with Crippen molar-refractivity contribution in [2.75, 3.05) is 0 Å². The first-order valence-electron chi connectivity index (χ1n) is 17.9. The van der Waals surface area contributed by atoms with E-state index in [4.69, 9.17) is 19.4 Å². The van der Waals surface area contributed by atoms with Crippen LogP contribution in [0.25, 0.3) is 111 Å². The molecule has 9 aromatic carbocycles. The lowest BCUT2D eigenvalue weighted by Crippen LogP contribution is -2.01. The third-order valence-electron chi connectivity index (χ3n) is 10.5. The monoisotopic (exact) mass is 675 g/mol. The summed E-state index contributed by atoms with van der Waals surface area (Å²) in [5, 5.41) is 9.72. The van der Waals surface area contributed by atoms with Gasteiger partial charge in [-0.1, -0.05) is 158 Å². The maximum atomic E-state index is 6.43. The lowest BCUT2D eigenvalue weighted by atomic mass is 9.89. The molecule has 4 nitrogen and oxygen atoms in total. The predicted octanol–water partition coefficient (Wildman–Crippen LogP) is 13.0. The van der Waals surface area contributed by atoms with Gasteiger partial charge in [0.15, 0.2) is 17.5 Å². The first-order chi connectivity index (χ1) is 26.3. The van der Waals surface area contributed by atoms with E-state index in [1.807, 2.05) is 72.8 Å². The molecule has 0 unspecified atom stereocenters. The van der Waals surface area contributed by atoms with Crippen LogP contribution in [-0.2, 0) is 0 Å². The standard InChI is InChI=1S/C49H29N3O/c1-3-10-35(11-4-1)47-50-48(36-12-5-2-6-13-36)52-49(51-47)46-38(28-29-42-45(46)40-16-7-8-17-41(40)53-42)31-20-18-30(19-21-31)37-26-24-34-23-22-32-14-9-15-33-25-27-39(37)44(34)43(32)33/h1-29H. The van der Waals surface area contributed by atoms with Crippen molar-refractivity contribution in [2.45, 2.75) is 0 Å². The number of furan rings is 1. The van der Waals surface area contributed by atoms with Gasteiger partial charge in [0.05, 0.1) is 0 Å². The molecule has 0 bridgehead atoms. The molecule has 11 aromatic rings. The van der Waals surface area contributed by atoms with E-state index in [2.05, 4.69) is 103 Å². The molecular weight excluding hydrogens is 647 g/mol. The topological polar surface area (TPSA) is 51.8 Å². The summed E-state index contributed by atoms with van der Waals surface area (Å²) >= 11 is 0. The molecule has 0 saturated carbocycles. The van der Waals surface area contributed by atoms with E-state index in [1.165, 1.54) is 43.4 Å². The Labute approximate surface area is 305 Å². The van der Waals surface area contributed by atoms with Gasteiger partial charge >= 0.3 is 0 Å². The van der Waals surface area contributed by atoms with Gasteiger partial charge in [0.2, 0.25) is 0 Å². The van der Waals surface area contributed by atoms with Gasteiger partial charge in [0, 0.05) is 27.5 Å². The van der Waals surface area contributed by atoms with Crippen LogP contribution in [-0.4, -0.2) is 15.0 Å². The van der Waals surface area contributed by atoms with Gasteiger partial charge in [0.25, 0.3) is 0 Å². The van der Waals surface area contributed by atoms with E-state index >= 15 is 0 Å². The second-order valence-corrected chi connectivity index (χ2v) is 13.5. The van der Waals surface area contributed by atoms with Crippen molar-refractivity contribution in [2.24, 2.45) is 0 Å². The van der Waals surface area contributed by atoms with E-state index < -0.39 is 0 Å². The number of aromatic nitrogens is 3. The molecule has 0 N–H and O–H groups in total. The molecule has 246 valence electrons. The number of hydrogen-bond acceptors (Lipinski definition) is 4. The molecular formula is C49H29N3O. The molecule has 53 heavy (non-hydrogen) atoms. The molecule has 0 fully saturated rings. The SMILES string of the molecule is c1ccc(-c2nc(-c3ccccc3)nc(-c3c(-c4ccc(-c5ccc6ccc7cccc8ccc5c6c78)cc4)ccc4oc5ccccc5c34)n2)cc1. The van der Waals surface area contributed by atoms with E-state index in [0.717, 1.165) is 49.8 Å². The van der Waals surface area contributed by atoms with Crippen molar-refractivity contribution < 1.29 is 4.42 Å². The van der Waals surface area contributed by atoms with Gasteiger partial charge in [0.1, 0.15) is 11.2 Å². The van der Waals surface area contributed by atoms with Crippen LogP contribution in [0.1, 0.15) is 0 Å². The molecule has 0 aliphatic carbocycles. The average molecular weight is 676 g/mol. The Bertz CT molecular complexity index is 3080. The van der Waals surface area contributed by atoms with Crippen LogP contribution >= 0.6 is 0 Å². The van der Waals surface area contributed by atoms with Crippen molar-refractivity contribution in [1.29, 1.82) is 0 Å². The molecule has 4 heteroatoms. The summed E-state index contributed by atoms with van der Waals surface area (Å²) < 4.78 is 6.43. The zero-order valence-electron chi connectivity index (χ0n) is 28.5. The van der Waals surface area contributed by atoms with Gasteiger partial charge in [-0.3, -0.25) is 0 Å². The van der Waals surface area contributed by atoms with Crippen LogP contribution in [0.15, 0.2) is 180 Å². The third kappa shape index (κ3) is 4.73. The highest BCUT2D eigenvalue weighted by Gasteiger charge is 2.22. The number of hydrogen-bond donors (Lipinski definition) is 0. The summed E-state index contributed by atoms with van der Waals surface area (Å²) in [6.45, 7) is 0. The molecule has 0 amide bonds. The Hall–Kier alpha value is -7.17. The molecule has 0 spiro atoms. The molecule has 0 saturated heterocycles. The predicted molar refractivity (Wildman–Crippen MR) is 218 cm³/mol. The molecule has 0 radical (unpaired) electrons. The van der Waals surface area contributed by atoms with Crippen molar-refractivity contribution in [3.63, 3.8) is 0 Å². The number of rotatable bonds is 5. The molecule has 2 aromatic heterocycles. The number of nitrogens with zero attached hydrogens (tertiary/aromatic N) is 3. The first kappa shape index (κ1) is 29.5. The van der Waals surface area contributed by atoms with E-state index in [-0.39, 0.29) is 0 Å². The highest BCUT2D eigenvalue weighted by atomic mass is 16.3. The molecule has 11 rings (SSSR count). The van der Waals surface area contributed by atoms with E-state index in [1.54, 1.807) is 0 Å². The second-order valence-electron chi connectivity index (χ2n) is 13.5. The van der Waals surface area contributed by atoms with E-state index in [9.17, 15) is 0 Å². The van der Waals surface area contributed by atoms with Gasteiger partial charge in [-0.25, -0.2) is 15.0 Å². The van der Waals surface area contributed by atoms with Crippen LogP contribution in [0.4, 0.5) is 0 Å². The first-order valence-corrected chi connectivity index (χ1v) is 17.9. The molecule has 2 heterocycles. The maximum absolute atomic E-state index is 6.43. The van der Waals surface area contributed by atoms with Gasteiger partial charge in [-0.05, 0) is 72.8 Å². The van der Waals surface area contributed by atoms with Crippen molar-refractivity contribution in [1.82, 2.24) is 15.0 Å². The zero-order valence-corrected chi connectivity index (χ0v) is 28.5. The summed E-state index contributed by atoms with van der Waals surface area (Å²) in [6.07, 6.45) is 0. The summed E-state index contributed by atoms with van der Waals surface area (Å²) in [5.74, 6) is 1.84. The fraction of sp³-hybridized carbons (Fsp3) is 0. The summed E-state index contributed by atoms with van der Waals surface area (Å²) in [6, 6.07) is 61.6. The van der Waals surface area contributed by atoms with Crippen LogP contribution < -0.4 is 0 Å². The van der Waals surface area contributed by atoms with Crippen LogP contribution in [0.5, 0.6) is 0 Å². The molecule has 0 aliphatic rings. The minimum absolute atomic E-state index is 0.598. The minimum Gasteiger partial charge on any atom is -0.456 e. The quantitative estimate of drug-likeness (QED) is 0.170. The van der Waals surface area contributed by atoms with Crippen LogP contribution in [0.3, 0.4) is 0 Å². The second kappa shape index (κ2) is 11.7. The normalized spacial score (nSPS) is 11.8. The van der Waals surface area contributed by atoms with Crippen molar-refractivity contribution in [3.8, 4) is 56.4 Å². The van der Waals surface area contributed by atoms with Crippen LogP contribution in [0.2, 0.25) is 0 Å². The highest BCUT2D eigenvalue weighted by molar-refractivity contribution is 6.25. The summed E-state index contributed by atoms with van der Waals surface area (Å²) in [5.41, 5.74) is 8.86. The minimum atomic E-state index is 0.598. The van der Waals surface area contributed by atoms with Crippen molar-refractivity contribution >= 4 is 54.3 Å². The molecule has 0 aliphatic heterocycles. The average Bonchev–Trinajstić information content (AvgIpc) is 3.62. The smallest absolute Gasteiger partial charge is 0.165 e. The highest BCUT2D eigenvalue weighted by Crippen LogP contribution is 2.44. The summed E-state index contributed by atoms with van der Waals surface area (Å²) in [4.78, 5) is 15.4. The lowest BCUT2D eigenvalue weighted by molar-refractivity contribution is 0.669. The summed E-state index contributed by atoms with van der Waals surface area (Å²) in [7, 11) is 0. The number of para-hydroxylation sites is 1. The Morgan fingerprint density at radius 3 is 1.55 bits per heavy atom. The largest absolute Gasteiger partial charge is 0.456 e. The lowest BCUT2D eigenvalue weighted by Gasteiger charge is -2.15. The van der Waals surface area contributed by atoms with Gasteiger partial charge in [-0.15, -0.1) is 0 Å². The van der Waals surface area contributed by atoms with Crippen LogP contribution in [0, 0.1) is 0 Å². The number of benzene rings is 9. The van der Waals surface area contributed by atoms with E-state index in [0.29, 0.717) is 17.5 Å². The van der Waals surface area contributed by atoms with Gasteiger partial charge in [-0.2, -0.15) is 0 Å².